The molecule has 1 amide bonds. The number of carbonyl (C=O) groups excluding carboxylic acids is 1. The summed E-state index contributed by atoms with van der Waals surface area (Å²) in [6, 6.07) is 8.20. The summed E-state index contributed by atoms with van der Waals surface area (Å²) in [4.78, 5) is 17.9. The maximum atomic E-state index is 12.7. The Kier molecular flexibility index (Phi) is 5.61. The van der Waals surface area contributed by atoms with E-state index in [1.165, 1.54) is 12.8 Å². The maximum Gasteiger partial charge on any atom is 0.252 e. The third kappa shape index (κ3) is 4.20. The van der Waals surface area contributed by atoms with E-state index in [1.807, 2.05) is 42.1 Å². The highest BCUT2D eigenvalue weighted by atomic mass is 32.2. The number of amides is 1. The normalized spacial score (nSPS) is 20.8. The van der Waals surface area contributed by atoms with Gasteiger partial charge in [-0.25, -0.2) is 4.98 Å². The zero-order chi connectivity index (χ0) is 16.9. The van der Waals surface area contributed by atoms with E-state index >= 15 is 0 Å². The summed E-state index contributed by atoms with van der Waals surface area (Å²) < 4.78 is 2.01. The first-order valence-corrected chi connectivity index (χ1v) is 9.60. The number of imidazole rings is 1. The molecule has 2 aromatic rings. The number of rotatable bonds is 5. The third-order valence-corrected chi connectivity index (χ3v) is 5.88. The summed E-state index contributed by atoms with van der Waals surface area (Å²) in [6.45, 7) is 2.29. The fourth-order valence-corrected chi connectivity index (χ4v) is 4.20. The molecule has 24 heavy (non-hydrogen) atoms. The van der Waals surface area contributed by atoms with Crippen molar-refractivity contribution in [3.63, 3.8) is 0 Å². The van der Waals surface area contributed by atoms with Crippen LogP contribution in [0, 0.1) is 5.92 Å². The molecule has 1 N–H and O–H groups in total. The van der Waals surface area contributed by atoms with Gasteiger partial charge in [0.2, 0.25) is 0 Å². The Morgan fingerprint density at radius 1 is 1.29 bits per heavy atom. The van der Waals surface area contributed by atoms with Crippen LogP contribution in [0.5, 0.6) is 0 Å². The van der Waals surface area contributed by atoms with Crippen molar-refractivity contribution >= 4 is 17.7 Å². The average Bonchev–Trinajstić information content (AvgIpc) is 3.00. The summed E-state index contributed by atoms with van der Waals surface area (Å²) in [5.41, 5.74) is 1.93. The maximum absolute atomic E-state index is 12.7. The topological polar surface area (TPSA) is 46.9 Å². The molecular formula is C19H25N3OS. The van der Waals surface area contributed by atoms with Gasteiger partial charge in [-0.05, 0) is 43.7 Å². The highest BCUT2D eigenvalue weighted by molar-refractivity contribution is 7.98. The minimum Gasteiger partial charge on any atom is -0.349 e. The molecule has 0 saturated heterocycles. The number of hydrogen-bond donors (Lipinski definition) is 1. The molecule has 1 aliphatic carbocycles. The summed E-state index contributed by atoms with van der Waals surface area (Å²) in [6.07, 6.45) is 8.29. The van der Waals surface area contributed by atoms with Crippen LogP contribution in [0.2, 0.25) is 0 Å². The minimum atomic E-state index is 0.0580. The first-order valence-electron chi connectivity index (χ1n) is 8.61. The van der Waals surface area contributed by atoms with Crippen LogP contribution in [-0.2, 0) is 12.8 Å². The summed E-state index contributed by atoms with van der Waals surface area (Å²) in [7, 11) is 1.99. The Hall–Kier alpha value is -1.75. The molecule has 0 radical (unpaired) electrons. The largest absolute Gasteiger partial charge is 0.349 e. The number of hydrogen-bond acceptors (Lipinski definition) is 3. The van der Waals surface area contributed by atoms with Gasteiger partial charge in [0.05, 0.1) is 11.9 Å². The van der Waals surface area contributed by atoms with Gasteiger partial charge < -0.3 is 9.88 Å². The molecule has 0 bridgehead atoms. The molecule has 5 heteroatoms. The number of nitrogens with one attached hydrogen (secondary N) is 1. The van der Waals surface area contributed by atoms with Crippen molar-refractivity contribution in [1.29, 1.82) is 0 Å². The molecule has 1 aromatic carbocycles. The van der Waals surface area contributed by atoms with Gasteiger partial charge in [-0.15, -0.1) is 11.8 Å². The number of nitrogens with zero attached hydrogens (tertiary/aromatic N) is 2. The zero-order valence-corrected chi connectivity index (χ0v) is 15.2. The van der Waals surface area contributed by atoms with Gasteiger partial charge in [0.25, 0.3) is 5.91 Å². The van der Waals surface area contributed by atoms with Crippen LogP contribution in [-0.4, -0.2) is 21.5 Å². The quantitative estimate of drug-likeness (QED) is 0.834. The van der Waals surface area contributed by atoms with Crippen LogP contribution in [0.25, 0.3) is 0 Å². The van der Waals surface area contributed by atoms with Crippen molar-refractivity contribution in [2.24, 2.45) is 13.0 Å². The van der Waals surface area contributed by atoms with E-state index in [0.717, 1.165) is 40.7 Å². The van der Waals surface area contributed by atoms with Crippen molar-refractivity contribution in [3.05, 3.63) is 48.0 Å². The molecule has 128 valence electrons. The Morgan fingerprint density at radius 2 is 2.04 bits per heavy atom. The number of carbonyl (C=O) groups is 1. The molecule has 1 aromatic heterocycles. The zero-order valence-electron chi connectivity index (χ0n) is 14.4. The summed E-state index contributed by atoms with van der Waals surface area (Å²) in [5, 5.41) is 3.23. The van der Waals surface area contributed by atoms with Gasteiger partial charge in [0.1, 0.15) is 0 Å². The first-order chi connectivity index (χ1) is 11.6. The monoisotopic (exact) mass is 343 g/mol. The Labute approximate surface area is 148 Å². The fraction of sp³-hybridized carbons (Fsp3) is 0.474. The summed E-state index contributed by atoms with van der Waals surface area (Å²) >= 11 is 1.69. The van der Waals surface area contributed by atoms with Crippen LogP contribution < -0.4 is 5.32 Å². The highest BCUT2D eigenvalue weighted by Crippen LogP contribution is 2.27. The molecule has 0 aliphatic heterocycles. The molecule has 0 spiro atoms. The molecule has 0 unspecified atom stereocenters. The molecule has 4 nitrogen and oxygen atoms in total. The van der Waals surface area contributed by atoms with Crippen LogP contribution in [0.4, 0.5) is 0 Å². The standard InChI is InChI=1S/C19H25N3OS/c1-14-7-9-15(10-8-14)21-19(23)17-5-3-4-6-18(17)24-12-16-11-20-13-22(16)2/h3-6,11,13-15H,7-10,12H2,1-2H3,(H,21,23). The van der Waals surface area contributed by atoms with Crippen LogP contribution in [0.1, 0.15) is 48.7 Å². The molecule has 1 aliphatic rings. The van der Waals surface area contributed by atoms with E-state index in [1.54, 1.807) is 18.1 Å². The number of benzene rings is 1. The van der Waals surface area contributed by atoms with Gasteiger partial charge in [0, 0.05) is 35.6 Å². The van der Waals surface area contributed by atoms with E-state index < -0.39 is 0 Å². The lowest BCUT2D eigenvalue weighted by Crippen LogP contribution is -2.37. The van der Waals surface area contributed by atoms with E-state index in [4.69, 9.17) is 0 Å². The Morgan fingerprint density at radius 3 is 2.75 bits per heavy atom. The van der Waals surface area contributed by atoms with Gasteiger partial charge in [-0.1, -0.05) is 19.1 Å². The van der Waals surface area contributed by atoms with E-state index in [9.17, 15) is 4.79 Å². The lowest BCUT2D eigenvalue weighted by Gasteiger charge is -2.27. The second-order valence-corrected chi connectivity index (χ2v) is 7.73. The van der Waals surface area contributed by atoms with Crippen LogP contribution >= 0.6 is 11.8 Å². The van der Waals surface area contributed by atoms with E-state index in [0.29, 0.717) is 6.04 Å². The molecule has 1 saturated carbocycles. The Bertz CT molecular complexity index is 689. The summed E-state index contributed by atoms with van der Waals surface area (Å²) in [5.74, 6) is 1.66. The predicted octanol–water partition coefficient (Wildman–Crippen LogP) is 4.02. The minimum absolute atomic E-state index is 0.0580. The van der Waals surface area contributed by atoms with Crippen LogP contribution in [0.3, 0.4) is 0 Å². The number of thioether (sulfide) groups is 1. The molecular weight excluding hydrogens is 318 g/mol. The SMILES string of the molecule is CC1CCC(NC(=O)c2ccccc2SCc2cncn2C)CC1. The molecule has 3 rings (SSSR count). The second kappa shape index (κ2) is 7.88. The van der Waals surface area contributed by atoms with Crippen LogP contribution in [0.15, 0.2) is 41.7 Å². The van der Waals surface area contributed by atoms with Crippen molar-refractivity contribution in [1.82, 2.24) is 14.9 Å². The van der Waals surface area contributed by atoms with E-state index in [-0.39, 0.29) is 5.91 Å². The first kappa shape index (κ1) is 17.1. The molecule has 1 heterocycles. The Balaban J connectivity index is 1.64. The number of aryl methyl sites for hydroxylation is 1. The lowest BCUT2D eigenvalue weighted by atomic mass is 9.87. The van der Waals surface area contributed by atoms with Gasteiger partial charge >= 0.3 is 0 Å². The smallest absolute Gasteiger partial charge is 0.252 e. The lowest BCUT2D eigenvalue weighted by molar-refractivity contribution is 0.0920. The number of aromatic nitrogens is 2. The highest BCUT2D eigenvalue weighted by Gasteiger charge is 2.21. The van der Waals surface area contributed by atoms with Crippen molar-refractivity contribution in [2.45, 2.75) is 49.3 Å². The molecule has 0 atom stereocenters. The van der Waals surface area contributed by atoms with Crippen molar-refractivity contribution in [3.8, 4) is 0 Å². The van der Waals surface area contributed by atoms with Crippen molar-refractivity contribution < 1.29 is 4.79 Å². The fourth-order valence-electron chi connectivity index (χ4n) is 3.12. The second-order valence-electron chi connectivity index (χ2n) is 6.71. The van der Waals surface area contributed by atoms with Gasteiger partial charge in [-0.3, -0.25) is 4.79 Å². The third-order valence-electron chi connectivity index (χ3n) is 4.77. The van der Waals surface area contributed by atoms with Gasteiger partial charge in [-0.2, -0.15) is 0 Å². The van der Waals surface area contributed by atoms with E-state index in [2.05, 4.69) is 17.2 Å². The van der Waals surface area contributed by atoms with Crippen molar-refractivity contribution in [2.75, 3.05) is 0 Å². The average molecular weight is 343 g/mol. The predicted molar refractivity (Wildman–Crippen MR) is 98.1 cm³/mol. The molecule has 1 fully saturated rings. The van der Waals surface area contributed by atoms with Gasteiger partial charge in [0.15, 0.2) is 0 Å².